The molecule has 5 N–H and O–H groups in total. The van der Waals surface area contributed by atoms with Gasteiger partial charge in [-0.3, -0.25) is 4.79 Å². The summed E-state index contributed by atoms with van der Waals surface area (Å²) >= 11 is 5.83. The monoisotopic (exact) mass is 384 g/mol. The third-order valence-electron chi connectivity index (χ3n) is 3.79. The molecule has 6 nitrogen and oxygen atoms in total. The van der Waals surface area contributed by atoms with E-state index in [1.54, 1.807) is 42.5 Å². The first-order valence-corrected chi connectivity index (χ1v) is 8.40. The van der Waals surface area contributed by atoms with Crippen LogP contribution in [0.5, 0.6) is 0 Å². The van der Waals surface area contributed by atoms with Crippen molar-refractivity contribution in [3.05, 3.63) is 82.7 Å². The van der Waals surface area contributed by atoms with Crippen LogP contribution in [0.2, 0.25) is 5.02 Å². The number of carbonyl (C=O) groups excluding carboxylic acids is 1. The van der Waals surface area contributed by atoms with Gasteiger partial charge in [0.15, 0.2) is 0 Å². The van der Waals surface area contributed by atoms with E-state index in [4.69, 9.17) is 27.8 Å². The van der Waals surface area contributed by atoms with Crippen molar-refractivity contribution in [2.45, 2.75) is 6.92 Å². The summed E-state index contributed by atoms with van der Waals surface area (Å²) in [5.41, 5.74) is 14.4. The number of benzene rings is 1. The van der Waals surface area contributed by atoms with Gasteiger partial charge in [-0.25, -0.2) is 4.98 Å². The van der Waals surface area contributed by atoms with Gasteiger partial charge in [-0.15, -0.1) is 0 Å². The van der Waals surface area contributed by atoms with Gasteiger partial charge >= 0.3 is 0 Å². The fraction of sp³-hybridized carbons (Fsp3) is 0.100. The van der Waals surface area contributed by atoms with Crippen molar-refractivity contribution in [2.24, 2.45) is 5.73 Å². The maximum absolute atomic E-state index is 12.3. The molecule has 2 aromatic rings. The number of anilines is 2. The molecule has 1 heterocycles. The Bertz CT molecular complexity index is 918. The summed E-state index contributed by atoms with van der Waals surface area (Å²) in [6.07, 6.45) is 3.18. The van der Waals surface area contributed by atoms with Gasteiger partial charge in [0.2, 0.25) is 0 Å². The Morgan fingerprint density at radius 1 is 1.26 bits per heavy atom. The number of pyridine rings is 1. The lowest BCUT2D eigenvalue weighted by Crippen LogP contribution is -2.13. The molecule has 0 saturated carbocycles. The van der Waals surface area contributed by atoms with E-state index in [0.29, 0.717) is 33.3 Å². The zero-order chi connectivity index (χ0) is 20.0. The molecule has 140 valence electrons. The molecule has 0 aliphatic heterocycles. The Balaban J connectivity index is 2.24. The van der Waals surface area contributed by atoms with Crippen molar-refractivity contribution in [3.8, 4) is 0 Å². The summed E-state index contributed by atoms with van der Waals surface area (Å²) in [6, 6.07) is 9.93. The third-order valence-corrected chi connectivity index (χ3v) is 4.05. The molecule has 1 aromatic carbocycles. The van der Waals surface area contributed by atoms with Gasteiger partial charge in [0.05, 0.1) is 7.11 Å². The normalized spacial score (nSPS) is 11.8. The van der Waals surface area contributed by atoms with E-state index in [9.17, 15) is 4.79 Å². The minimum Gasteiger partial charge on any atom is -0.497 e. The van der Waals surface area contributed by atoms with Gasteiger partial charge in [0, 0.05) is 27.9 Å². The zero-order valence-electron chi connectivity index (χ0n) is 15.1. The van der Waals surface area contributed by atoms with Crippen molar-refractivity contribution < 1.29 is 9.53 Å². The number of ether oxygens (including phenoxy) is 1. The Hall–Kier alpha value is -3.25. The molecule has 0 saturated heterocycles. The number of halogens is 1. The summed E-state index contributed by atoms with van der Waals surface area (Å²) < 4.78 is 5.05. The average Bonchev–Trinajstić information content (AvgIpc) is 2.64. The molecule has 27 heavy (non-hydrogen) atoms. The molecule has 0 bridgehead atoms. The first-order valence-electron chi connectivity index (χ1n) is 8.03. The van der Waals surface area contributed by atoms with Gasteiger partial charge in [0.25, 0.3) is 5.91 Å². The van der Waals surface area contributed by atoms with E-state index in [0.717, 1.165) is 5.57 Å². The van der Waals surface area contributed by atoms with E-state index >= 15 is 0 Å². The van der Waals surface area contributed by atoms with E-state index in [1.807, 2.05) is 6.92 Å². The van der Waals surface area contributed by atoms with Crippen molar-refractivity contribution in [2.75, 3.05) is 18.2 Å². The molecule has 1 aromatic heterocycles. The summed E-state index contributed by atoms with van der Waals surface area (Å²) in [7, 11) is 1.53. The fourth-order valence-corrected chi connectivity index (χ4v) is 2.50. The van der Waals surface area contributed by atoms with E-state index in [2.05, 4.69) is 16.9 Å². The number of aromatic nitrogens is 1. The maximum atomic E-state index is 12.3. The standard InChI is InChI=1S/C20H21ClN4O2/c1-12(10-13(2)27-3)17(11-22)16-8-9-18(24-19(16)23)25-20(26)14-4-6-15(21)7-5-14/h4-11H,2,22H2,1,3H3,(H3,23,24,25,26)/b12-10-,17-11+. The number of allylic oxidation sites excluding steroid dienone is 3. The third kappa shape index (κ3) is 5.12. The molecule has 2 rings (SSSR count). The van der Waals surface area contributed by atoms with E-state index in [1.165, 1.54) is 13.3 Å². The molecule has 0 aliphatic rings. The number of nitrogens with two attached hydrogens (primary N) is 2. The highest BCUT2D eigenvalue weighted by molar-refractivity contribution is 6.30. The van der Waals surface area contributed by atoms with Crippen LogP contribution in [0, 0.1) is 0 Å². The molecular weight excluding hydrogens is 364 g/mol. The number of rotatable bonds is 6. The molecule has 0 fully saturated rings. The van der Waals surface area contributed by atoms with Crippen LogP contribution >= 0.6 is 11.6 Å². The molecule has 0 atom stereocenters. The Labute approximate surface area is 163 Å². The minimum atomic E-state index is -0.312. The fourth-order valence-electron chi connectivity index (χ4n) is 2.37. The average molecular weight is 385 g/mol. The van der Waals surface area contributed by atoms with Crippen LogP contribution in [0.4, 0.5) is 11.6 Å². The molecule has 0 spiro atoms. The van der Waals surface area contributed by atoms with Gasteiger partial charge in [-0.05, 0) is 55.0 Å². The number of nitrogens with zero attached hydrogens (tertiary/aromatic N) is 1. The highest BCUT2D eigenvalue weighted by Gasteiger charge is 2.12. The lowest BCUT2D eigenvalue weighted by atomic mass is 10.00. The van der Waals surface area contributed by atoms with Crippen LogP contribution in [-0.2, 0) is 4.74 Å². The zero-order valence-corrected chi connectivity index (χ0v) is 15.9. The number of hydrogen-bond donors (Lipinski definition) is 3. The first-order chi connectivity index (χ1) is 12.8. The molecule has 7 heteroatoms. The largest absolute Gasteiger partial charge is 0.497 e. The van der Waals surface area contributed by atoms with Crippen LogP contribution in [-0.4, -0.2) is 18.0 Å². The minimum absolute atomic E-state index is 0.233. The van der Waals surface area contributed by atoms with Crippen LogP contribution in [0.1, 0.15) is 22.8 Å². The van der Waals surface area contributed by atoms with Crippen LogP contribution < -0.4 is 16.8 Å². The Kier molecular flexibility index (Phi) is 6.62. The Morgan fingerprint density at radius 3 is 2.48 bits per heavy atom. The van der Waals surface area contributed by atoms with Crippen molar-refractivity contribution in [1.82, 2.24) is 4.98 Å². The van der Waals surface area contributed by atoms with Gasteiger partial charge in [-0.2, -0.15) is 0 Å². The summed E-state index contributed by atoms with van der Waals surface area (Å²) in [4.78, 5) is 16.5. The summed E-state index contributed by atoms with van der Waals surface area (Å²) in [5, 5.41) is 3.26. The van der Waals surface area contributed by atoms with E-state index in [-0.39, 0.29) is 11.7 Å². The highest BCUT2D eigenvalue weighted by atomic mass is 35.5. The number of nitrogen functional groups attached to an aromatic ring is 1. The summed E-state index contributed by atoms with van der Waals surface area (Å²) in [6.45, 7) is 5.62. The number of nitrogens with one attached hydrogen (secondary N) is 1. The quantitative estimate of drug-likeness (QED) is 0.516. The predicted molar refractivity (Wildman–Crippen MR) is 110 cm³/mol. The topological polar surface area (TPSA) is 103 Å². The Morgan fingerprint density at radius 2 is 1.93 bits per heavy atom. The number of amides is 1. The number of hydrogen-bond acceptors (Lipinski definition) is 5. The lowest BCUT2D eigenvalue weighted by Gasteiger charge is -2.12. The second-order valence-electron chi connectivity index (χ2n) is 5.67. The van der Waals surface area contributed by atoms with Gasteiger partial charge in [-0.1, -0.05) is 18.2 Å². The number of methoxy groups -OCH3 is 1. The van der Waals surface area contributed by atoms with Gasteiger partial charge in [0.1, 0.15) is 17.4 Å². The summed E-state index contributed by atoms with van der Waals surface area (Å²) in [5.74, 6) is 0.741. The molecule has 0 aliphatic carbocycles. The molecular formula is C20H21ClN4O2. The highest BCUT2D eigenvalue weighted by Crippen LogP contribution is 2.28. The maximum Gasteiger partial charge on any atom is 0.256 e. The smallest absolute Gasteiger partial charge is 0.256 e. The van der Waals surface area contributed by atoms with Crippen molar-refractivity contribution in [1.29, 1.82) is 0 Å². The van der Waals surface area contributed by atoms with Crippen LogP contribution in [0.3, 0.4) is 0 Å². The molecule has 0 radical (unpaired) electrons. The first kappa shape index (κ1) is 20.1. The van der Waals surface area contributed by atoms with E-state index < -0.39 is 0 Å². The van der Waals surface area contributed by atoms with Crippen molar-refractivity contribution >= 4 is 34.7 Å². The second-order valence-corrected chi connectivity index (χ2v) is 6.10. The lowest BCUT2D eigenvalue weighted by molar-refractivity contribution is 0.102. The SMILES string of the molecule is C=C(/C=C(C)\C(=C/N)c1ccc(NC(=O)c2ccc(Cl)cc2)nc1N)OC. The van der Waals surface area contributed by atoms with Crippen LogP contribution in [0.25, 0.3) is 5.57 Å². The molecule has 0 unspecified atom stereocenters. The predicted octanol–water partition coefficient (Wildman–Crippen LogP) is 3.98. The second kappa shape index (κ2) is 8.91. The molecule has 1 amide bonds. The van der Waals surface area contributed by atoms with Gasteiger partial charge < -0.3 is 21.5 Å². The van der Waals surface area contributed by atoms with Crippen molar-refractivity contribution in [3.63, 3.8) is 0 Å². The van der Waals surface area contributed by atoms with Crippen LogP contribution in [0.15, 0.2) is 66.6 Å². The number of carbonyl (C=O) groups is 1.